The van der Waals surface area contributed by atoms with Crippen molar-refractivity contribution in [1.29, 1.82) is 0 Å². The molecule has 1 saturated heterocycles. The molecule has 1 amide bonds. The molecule has 6 heteroatoms. The van der Waals surface area contributed by atoms with Crippen LogP contribution in [0.25, 0.3) is 0 Å². The summed E-state index contributed by atoms with van der Waals surface area (Å²) in [5.41, 5.74) is 6.90. The highest BCUT2D eigenvalue weighted by atomic mass is 32.1. The van der Waals surface area contributed by atoms with Crippen LogP contribution >= 0.6 is 11.3 Å². The smallest absolute Gasteiger partial charge is 0.242 e. The van der Waals surface area contributed by atoms with E-state index in [1.54, 1.807) is 11.3 Å². The highest BCUT2D eigenvalue weighted by Gasteiger charge is 2.30. The predicted octanol–water partition coefficient (Wildman–Crippen LogP) is 1.19. The molecule has 0 saturated carbocycles. The Morgan fingerprint density at radius 3 is 2.94 bits per heavy atom. The Hall–Kier alpha value is -1.14. The normalized spacial score (nSPS) is 21.9. The molecular formula is C12H20N4OS. The number of piperazine rings is 1. The zero-order chi connectivity index (χ0) is 13.3. The molecule has 0 bridgehead atoms. The lowest BCUT2D eigenvalue weighted by molar-refractivity contribution is -0.123. The largest absolute Gasteiger partial charge is 0.353 e. The number of nitrogens with zero attached hydrogens (tertiary/aromatic N) is 2. The van der Waals surface area contributed by atoms with Crippen molar-refractivity contribution in [3.8, 4) is 0 Å². The average molecular weight is 268 g/mol. The van der Waals surface area contributed by atoms with Crippen LogP contribution < -0.4 is 16.0 Å². The van der Waals surface area contributed by atoms with Gasteiger partial charge in [-0.15, -0.1) is 0 Å². The number of amides is 1. The van der Waals surface area contributed by atoms with Gasteiger partial charge in [-0.1, -0.05) is 18.3 Å². The van der Waals surface area contributed by atoms with E-state index in [1.165, 1.54) is 0 Å². The number of nitrogens with one attached hydrogen (secondary N) is 1. The third-order valence-corrected chi connectivity index (χ3v) is 4.59. The molecule has 0 radical (unpaired) electrons. The molecule has 1 aliphatic rings. The van der Waals surface area contributed by atoms with Crippen molar-refractivity contribution >= 4 is 22.4 Å². The van der Waals surface area contributed by atoms with Gasteiger partial charge in [0, 0.05) is 24.0 Å². The van der Waals surface area contributed by atoms with Crippen molar-refractivity contribution in [1.82, 2.24) is 10.3 Å². The van der Waals surface area contributed by atoms with E-state index in [9.17, 15) is 4.79 Å². The molecule has 3 N–H and O–H groups in total. The van der Waals surface area contributed by atoms with Gasteiger partial charge < -0.3 is 16.0 Å². The standard InChI is InChI=1S/C12H20N4OS/c1-4-9-11(17)14-5-6-16(9)12-15-8(3)10(18-12)7(2)13/h7,9H,4-6,13H2,1-3H3,(H,14,17). The second kappa shape index (κ2) is 5.24. The van der Waals surface area contributed by atoms with Gasteiger partial charge in [0.05, 0.1) is 5.69 Å². The number of carbonyl (C=O) groups is 1. The molecule has 5 nitrogen and oxygen atoms in total. The van der Waals surface area contributed by atoms with Gasteiger partial charge in [0.2, 0.25) is 5.91 Å². The minimum atomic E-state index is -0.106. The van der Waals surface area contributed by atoms with Crippen molar-refractivity contribution in [2.45, 2.75) is 39.3 Å². The van der Waals surface area contributed by atoms with Crippen LogP contribution in [0.4, 0.5) is 5.13 Å². The van der Waals surface area contributed by atoms with Crippen LogP contribution in [-0.4, -0.2) is 30.0 Å². The first-order valence-electron chi connectivity index (χ1n) is 6.31. The maximum atomic E-state index is 11.8. The fourth-order valence-electron chi connectivity index (χ4n) is 2.29. The van der Waals surface area contributed by atoms with E-state index in [-0.39, 0.29) is 18.0 Å². The highest BCUT2D eigenvalue weighted by molar-refractivity contribution is 7.15. The summed E-state index contributed by atoms with van der Waals surface area (Å²) in [6.07, 6.45) is 0.790. The monoisotopic (exact) mass is 268 g/mol. The van der Waals surface area contributed by atoms with Gasteiger partial charge in [0.1, 0.15) is 6.04 Å². The Morgan fingerprint density at radius 2 is 2.39 bits per heavy atom. The lowest BCUT2D eigenvalue weighted by Crippen LogP contribution is -2.55. The lowest BCUT2D eigenvalue weighted by Gasteiger charge is -2.34. The van der Waals surface area contributed by atoms with E-state index < -0.39 is 0 Å². The van der Waals surface area contributed by atoms with Crippen LogP contribution in [0.5, 0.6) is 0 Å². The summed E-state index contributed by atoms with van der Waals surface area (Å²) in [4.78, 5) is 19.6. The first-order chi connectivity index (χ1) is 8.54. The minimum absolute atomic E-state index is 0.00468. The molecule has 2 unspecified atom stereocenters. The third-order valence-electron chi connectivity index (χ3n) is 3.20. The van der Waals surface area contributed by atoms with Gasteiger partial charge in [-0.05, 0) is 20.3 Å². The Morgan fingerprint density at radius 1 is 1.67 bits per heavy atom. The van der Waals surface area contributed by atoms with Crippen LogP contribution in [-0.2, 0) is 4.79 Å². The summed E-state index contributed by atoms with van der Waals surface area (Å²) in [5.74, 6) is 0.0963. The maximum Gasteiger partial charge on any atom is 0.242 e. The Balaban J connectivity index is 2.29. The molecule has 1 fully saturated rings. The Labute approximate surface area is 111 Å². The van der Waals surface area contributed by atoms with Crippen LogP contribution in [0.15, 0.2) is 0 Å². The molecule has 1 aliphatic heterocycles. The number of aryl methyl sites for hydroxylation is 1. The Bertz CT molecular complexity index is 443. The molecule has 100 valence electrons. The second-order valence-electron chi connectivity index (χ2n) is 4.64. The SMILES string of the molecule is CCC1C(=O)NCCN1c1nc(C)c(C(C)N)s1. The molecule has 0 aliphatic carbocycles. The van der Waals surface area contributed by atoms with Gasteiger partial charge in [0.15, 0.2) is 5.13 Å². The third kappa shape index (κ3) is 2.35. The summed E-state index contributed by atoms with van der Waals surface area (Å²) in [6.45, 7) is 7.46. The number of hydrogen-bond acceptors (Lipinski definition) is 5. The van der Waals surface area contributed by atoms with Crippen LogP contribution in [0.2, 0.25) is 0 Å². The molecular weight excluding hydrogens is 248 g/mol. The zero-order valence-electron chi connectivity index (χ0n) is 11.1. The van der Waals surface area contributed by atoms with Crippen molar-refractivity contribution in [3.63, 3.8) is 0 Å². The van der Waals surface area contributed by atoms with Crippen LogP contribution in [0.3, 0.4) is 0 Å². The summed E-state index contributed by atoms with van der Waals surface area (Å²) in [5, 5.41) is 3.82. The minimum Gasteiger partial charge on any atom is -0.353 e. The first kappa shape index (κ1) is 13.3. The molecule has 1 aromatic rings. The number of rotatable bonds is 3. The van der Waals surface area contributed by atoms with Crippen LogP contribution in [0, 0.1) is 6.92 Å². The maximum absolute atomic E-state index is 11.8. The number of hydrogen-bond donors (Lipinski definition) is 2. The van der Waals surface area contributed by atoms with Crippen LogP contribution in [0.1, 0.15) is 36.9 Å². The molecule has 2 atom stereocenters. The van der Waals surface area contributed by atoms with Crippen molar-refractivity contribution in [2.75, 3.05) is 18.0 Å². The summed E-state index contributed by atoms with van der Waals surface area (Å²) in [6, 6.07) is -0.111. The van der Waals surface area contributed by atoms with E-state index in [1.807, 2.05) is 20.8 Å². The Kier molecular flexibility index (Phi) is 3.87. The molecule has 1 aromatic heterocycles. The summed E-state index contributed by atoms with van der Waals surface area (Å²) >= 11 is 1.61. The first-order valence-corrected chi connectivity index (χ1v) is 7.13. The van der Waals surface area contributed by atoms with E-state index >= 15 is 0 Å². The number of thiazole rings is 1. The van der Waals surface area contributed by atoms with Crippen molar-refractivity contribution in [3.05, 3.63) is 10.6 Å². The summed E-state index contributed by atoms with van der Waals surface area (Å²) in [7, 11) is 0. The van der Waals surface area contributed by atoms with Gasteiger partial charge in [0.25, 0.3) is 0 Å². The molecule has 0 aromatic carbocycles. The summed E-state index contributed by atoms with van der Waals surface area (Å²) < 4.78 is 0. The van der Waals surface area contributed by atoms with Gasteiger partial charge in [-0.2, -0.15) is 0 Å². The number of nitrogens with two attached hydrogens (primary N) is 1. The van der Waals surface area contributed by atoms with E-state index in [4.69, 9.17) is 5.73 Å². The predicted molar refractivity (Wildman–Crippen MR) is 73.9 cm³/mol. The van der Waals surface area contributed by atoms with Crippen molar-refractivity contribution in [2.24, 2.45) is 5.73 Å². The second-order valence-corrected chi connectivity index (χ2v) is 5.65. The van der Waals surface area contributed by atoms with E-state index in [2.05, 4.69) is 15.2 Å². The fraction of sp³-hybridized carbons (Fsp3) is 0.667. The molecule has 0 spiro atoms. The topological polar surface area (TPSA) is 71.2 Å². The quantitative estimate of drug-likeness (QED) is 0.863. The number of anilines is 1. The zero-order valence-corrected chi connectivity index (χ0v) is 11.9. The van der Waals surface area contributed by atoms with E-state index in [0.717, 1.165) is 28.7 Å². The molecule has 18 heavy (non-hydrogen) atoms. The number of carbonyl (C=O) groups excluding carboxylic acids is 1. The van der Waals surface area contributed by atoms with Gasteiger partial charge in [-0.25, -0.2) is 4.98 Å². The van der Waals surface area contributed by atoms with E-state index in [0.29, 0.717) is 6.54 Å². The lowest BCUT2D eigenvalue weighted by atomic mass is 10.1. The van der Waals surface area contributed by atoms with Gasteiger partial charge in [-0.3, -0.25) is 4.79 Å². The van der Waals surface area contributed by atoms with Gasteiger partial charge >= 0.3 is 0 Å². The highest BCUT2D eigenvalue weighted by Crippen LogP contribution is 2.31. The molecule has 2 heterocycles. The molecule has 2 rings (SSSR count). The van der Waals surface area contributed by atoms with Crippen molar-refractivity contribution < 1.29 is 4.79 Å². The fourth-order valence-corrected chi connectivity index (χ4v) is 3.38. The average Bonchev–Trinajstić information content (AvgIpc) is 2.71. The number of aromatic nitrogens is 1.